The van der Waals surface area contributed by atoms with Crippen LogP contribution >= 0.6 is 27.5 Å². The highest BCUT2D eigenvalue weighted by Crippen LogP contribution is 2.15. The van der Waals surface area contributed by atoms with E-state index in [4.69, 9.17) is 11.6 Å². The van der Waals surface area contributed by atoms with Crippen molar-refractivity contribution in [1.29, 1.82) is 0 Å². The van der Waals surface area contributed by atoms with Gasteiger partial charge in [-0.05, 0) is 44.4 Å². The number of hydrogen-bond acceptors (Lipinski definition) is 1. The average Bonchev–Trinajstić information content (AvgIpc) is 2.27. The molecule has 0 bridgehead atoms. The molecule has 1 aromatic rings. The summed E-state index contributed by atoms with van der Waals surface area (Å²) in [6.07, 6.45) is 1.82. The number of nitrogens with one attached hydrogen (secondary N) is 1. The smallest absolute Gasteiger partial charge is 0.251 e. The van der Waals surface area contributed by atoms with Gasteiger partial charge in [0.05, 0.1) is 0 Å². The Morgan fingerprint density at radius 3 is 2.88 bits per heavy atom. The fraction of sp³-hybridized carbons (Fsp3) is 0.462. The number of alkyl halides is 1. The fourth-order valence-corrected chi connectivity index (χ4v) is 2.03. The van der Waals surface area contributed by atoms with Crippen LogP contribution in [0.2, 0.25) is 0 Å². The Hall–Kier alpha value is -0.540. The summed E-state index contributed by atoms with van der Waals surface area (Å²) < 4.78 is 0.919. The van der Waals surface area contributed by atoms with Crippen LogP contribution in [0.15, 0.2) is 22.7 Å². The van der Waals surface area contributed by atoms with Gasteiger partial charge in [-0.1, -0.05) is 22.0 Å². The van der Waals surface area contributed by atoms with Crippen molar-refractivity contribution >= 4 is 33.4 Å². The number of aryl methyl sites for hydroxylation is 1. The highest BCUT2D eigenvalue weighted by molar-refractivity contribution is 9.10. The molecular formula is C13H17BrClNO. The normalized spacial score (nSPS) is 12.2. The van der Waals surface area contributed by atoms with Crippen LogP contribution < -0.4 is 5.32 Å². The second kappa shape index (κ2) is 7.02. The van der Waals surface area contributed by atoms with Crippen LogP contribution in [0.3, 0.4) is 0 Å². The Bertz CT molecular complexity index is 393. The molecule has 0 aliphatic carbocycles. The predicted molar refractivity (Wildman–Crippen MR) is 75.8 cm³/mol. The minimum atomic E-state index is -0.0222. The lowest BCUT2D eigenvalue weighted by atomic mass is 10.1. The predicted octanol–water partition coefficient (Wildman–Crippen LogP) is 3.89. The summed E-state index contributed by atoms with van der Waals surface area (Å²) in [5.41, 5.74) is 1.70. The van der Waals surface area contributed by atoms with Gasteiger partial charge in [0.15, 0.2) is 0 Å². The molecule has 94 valence electrons. The van der Waals surface area contributed by atoms with E-state index >= 15 is 0 Å². The Morgan fingerprint density at radius 2 is 2.24 bits per heavy atom. The SMILES string of the molecule is Cc1ccc(Br)cc1C(=O)NCCCC(C)Cl. The number of rotatable bonds is 5. The van der Waals surface area contributed by atoms with Gasteiger partial charge < -0.3 is 5.32 Å². The second-order valence-corrected chi connectivity index (χ2v) is 5.80. The molecule has 1 atom stereocenters. The molecule has 0 radical (unpaired) electrons. The van der Waals surface area contributed by atoms with Gasteiger partial charge in [-0.25, -0.2) is 0 Å². The Morgan fingerprint density at radius 1 is 1.53 bits per heavy atom. The first kappa shape index (κ1) is 14.5. The van der Waals surface area contributed by atoms with Crippen LogP contribution in [0.4, 0.5) is 0 Å². The van der Waals surface area contributed by atoms with Crippen molar-refractivity contribution in [2.45, 2.75) is 32.1 Å². The second-order valence-electron chi connectivity index (χ2n) is 4.14. The van der Waals surface area contributed by atoms with Crippen molar-refractivity contribution < 1.29 is 4.79 Å². The van der Waals surface area contributed by atoms with E-state index in [1.165, 1.54) is 0 Å². The highest BCUT2D eigenvalue weighted by atomic mass is 79.9. The molecule has 0 spiro atoms. The van der Waals surface area contributed by atoms with E-state index in [2.05, 4.69) is 21.2 Å². The number of carbonyl (C=O) groups excluding carboxylic acids is 1. The van der Waals surface area contributed by atoms with Crippen LogP contribution in [0.25, 0.3) is 0 Å². The third kappa shape index (κ3) is 5.09. The summed E-state index contributed by atoms with van der Waals surface area (Å²) >= 11 is 9.21. The fourth-order valence-electron chi connectivity index (χ4n) is 1.52. The third-order valence-electron chi connectivity index (χ3n) is 2.51. The lowest BCUT2D eigenvalue weighted by Gasteiger charge is -2.08. The van der Waals surface area contributed by atoms with Crippen molar-refractivity contribution in [3.63, 3.8) is 0 Å². The van der Waals surface area contributed by atoms with Crippen molar-refractivity contribution in [3.05, 3.63) is 33.8 Å². The molecule has 4 heteroatoms. The quantitative estimate of drug-likeness (QED) is 0.647. The summed E-state index contributed by atoms with van der Waals surface area (Å²) in [6, 6.07) is 5.70. The summed E-state index contributed by atoms with van der Waals surface area (Å²) in [6.45, 7) is 4.56. The summed E-state index contributed by atoms with van der Waals surface area (Å²) in [7, 11) is 0. The van der Waals surface area contributed by atoms with E-state index in [1.54, 1.807) is 0 Å². The first-order chi connectivity index (χ1) is 8.00. The van der Waals surface area contributed by atoms with E-state index in [0.29, 0.717) is 6.54 Å². The standard InChI is InChI=1S/C13H17BrClNO/c1-9-5-6-11(14)8-12(9)13(17)16-7-3-4-10(2)15/h5-6,8,10H,3-4,7H2,1-2H3,(H,16,17). The maximum Gasteiger partial charge on any atom is 0.251 e. The van der Waals surface area contributed by atoms with Crippen molar-refractivity contribution in [2.24, 2.45) is 0 Å². The molecular weight excluding hydrogens is 302 g/mol. The molecule has 1 aromatic carbocycles. The maximum absolute atomic E-state index is 11.9. The third-order valence-corrected chi connectivity index (χ3v) is 3.22. The van der Waals surface area contributed by atoms with Gasteiger partial charge in [-0.15, -0.1) is 11.6 Å². The average molecular weight is 319 g/mol. The zero-order chi connectivity index (χ0) is 12.8. The van der Waals surface area contributed by atoms with Crippen LogP contribution in [-0.2, 0) is 0 Å². The first-order valence-corrected chi connectivity index (χ1v) is 6.92. The van der Waals surface area contributed by atoms with E-state index < -0.39 is 0 Å². The number of hydrogen-bond donors (Lipinski definition) is 1. The van der Waals surface area contributed by atoms with Gasteiger partial charge >= 0.3 is 0 Å². The van der Waals surface area contributed by atoms with Gasteiger partial charge in [-0.2, -0.15) is 0 Å². The maximum atomic E-state index is 11.9. The van der Waals surface area contributed by atoms with Gasteiger partial charge in [0.2, 0.25) is 0 Å². The highest BCUT2D eigenvalue weighted by Gasteiger charge is 2.08. The van der Waals surface area contributed by atoms with E-state index in [0.717, 1.165) is 28.4 Å². The lowest BCUT2D eigenvalue weighted by Crippen LogP contribution is -2.25. The lowest BCUT2D eigenvalue weighted by molar-refractivity contribution is 0.0952. The molecule has 17 heavy (non-hydrogen) atoms. The minimum absolute atomic E-state index is 0.0222. The van der Waals surface area contributed by atoms with E-state index in [9.17, 15) is 4.79 Å². The zero-order valence-corrected chi connectivity index (χ0v) is 12.4. The molecule has 1 unspecified atom stereocenters. The molecule has 1 rings (SSSR count). The number of carbonyl (C=O) groups is 1. The number of amides is 1. The molecule has 0 heterocycles. The summed E-state index contributed by atoms with van der Waals surface area (Å²) in [5, 5.41) is 3.07. The largest absolute Gasteiger partial charge is 0.352 e. The molecule has 0 saturated heterocycles. The van der Waals surface area contributed by atoms with Gasteiger partial charge in [0.1, 0.15) is 0 Å². The number of halogens is 2. The van der Waals surface area contributed by atoms with Gasteiger partial charge in [0.25, 0.3) is 5.91 Å². The Labute approximate surface area is 116 Å². The molecule has 0 fully saturated rings. The minimum Gasteiger partial charge on any atom is -0.352 e. The van der Waals surface area contributed by atoms with Crippen LogP contribution in [0.1, 0.15) is 35.7 Å². The Kier molecular flexibility index (Phi) is 6.00. The summed E-state index contributed by atoms with van der Waals surface area (Å²) in [5.74, 6) is -0.0222. The first-order valence-electron chi connectivity index (χ1n) is 5.69. The molecule has 0 saturated carbocycles. The zero-order valence-electron chi connectivity index (χ0n) is 10.1. The van der Waals surface area contributed by atoms with Crippen LogP contribution in [-0.4, -0.2) is 17.8 Å². The van der Waals surface area contributed by atoms with Gasteiger partial charge in [-0.3, -0.25) is 4.79 Å². The number of benzene rings is 1. The topological polar surface area (TPSA) is 29.1 Å². The molecule has 2 nitrogen and oxygen atoms in total. The molecule has 0 aliphatic rings. The van der Waals surface area contributed by atoms with Crippen molar-refractivity contribution in [2.75, 3.05) is 6.54 Å². The molecule has 1 amide bonds. The van der Waals surface area contributed by atoms with Gasteiger partial charge in [0, 0.05) is 22.0 Å². The Balaban J connectivity index is 2.49. The summed E-state index contributed by atoms with van der Waals surface area (Å²) in [4.78, 5) is 11.9. The monoisotopic (exact) mass is 317 g/mol. The van der Waals surface area contributed by atoms with Crippen LogP contribution in [0, 0.1) is 6.92 Å². The molecule has 1 N–H and O–H groups in total. The van der Waals surface area contributed by atoms with Crippen molar-refractivity contribution in [1.82, 2.24) is 5.32 Å². The van der Waals surface area contributed by atoms with E-state index in [1.807, 2.05) is 32.0 Å². The molecule has 0 aromatic heterocycles. The van der Waals surface area contributed by atoms with Crippen molar-refractivity contribution in [3.8, 4) is 0 Å². The molecule has 0 aliphatic heterocycles. The van der Waals surface area contributed by atoms with Crippen LogP contribution in [0.5, 0.6) is 0 Å². The van der Waals surface area contributed by atoms with E-state index in [-0.39, 0.29) is 11.3 Å².